The van der Waals surface area contributed by atoms with Crippen LogP contribution < -0.4 is 5.32 Å². The first-order chi connectivity index (χ1) is 10.3. The van der Waals surface area contributed by atoms with Crippen LogP contribution in [0.3, 0.4) is 0 Å². The summed E-state index contributed by atoms with van der Waals surface area (Å²) in [6.45, 7) is 0. The maximum absolute atomic E-state index is 12.1. The summed E-state index contributed by atoms with van der Waals surface area (Å²) in [4.78, 5) is 13.4. The lowest BCUT2D eigenvalue weighted by Crippen LogP contribution is -2.30. The van der Waals surface area contributed by atoms with Crippen molar-refractivity contribution in [2.45, 2.75) is 37.7 Å². The van der Waals surface area contributed by atoms with Crippen LogP contribution in [0.15, 0.2) is 47.8 Å². The summed E-state index contributed by atoms with van der Waals surface area (Å²) in [5, 5.41) is 4.89. The molecular formula is C17H19NO2S. The minimum absolute atomic E-state index is 0.0129. The van der Waals surface area contributed by atoms with Crippen molar-refractivity contribution >= 4 is 23.1 Å². The van der Waals surface area contributed by atoms with Crippen molar-refractivity contribution in [3.05, 3.63) is 52.7 Å². The van der Waals surface area contributed by atoms with E-state index in [-0.39, 0.29) is 12.2 Å². The molecule has 2 atom stereocenters. The standard InChI is InChI=1S/C17H19NO2S/c19-17(18-13-7-2-1-3-8-13)20-15-10-5-4-9-14(15)16-11-6-12-21-16/h1-3,6-8,11-12,14-15H,4-5,9-10H2,(H,18,19)/t14-,15-/m1/s1. The first-order valence-electron chi connectivity index (χ1n) is 7.39. The number of hydrogen-bond acceptors (Lipinski definition) is 3. The van der Waals surface area contributed by atoms with Gasteiger partial charge in [-0.05, 0) is 42.8 Å². The molecule has 110 valence electrons. The second-order valence-electron chi connectivity index (χ2n) is 5.34. The van der Waals surface area contributed by atoms with E-state index < -0.39 is 0 Å². The van der Waals surface area contributed by atoms with Crippen LogP contribution in [0.2, 0.25) is 0 Å². The first-order valence-corrected chi connectivity index (χ1v) is 8.27. The van der Waals surface area contributed by atoms with Crippen molar-refractivity contribution in [2.24, 2.45) is 0 Å². The molecule has 0 aliphatic heterocycles. The van der Waals surface area contributed by atoms with E-state index in [4.69, 9.17) is 4.74 Å². The Morgan fingerprint density at radius 1 is 1.10 bits per heavy atom. The fourth-order valence-electron chi connectivity index (χ4n) is 2.87. The maximum atomic E-state index is 12.1. The fraction of sp³-hybridized carbons (Fsp3) is 0.353. The molecule has 2 aromatic rings. The molecule has 0 radical (unpaired) electrons. The van der Waals surface area contributed by atoms with Crippen LogP contribution in [0.5, 0.6) is 0 Å². The SMILES string of the molecule is O=C(Nc1ccccc1)O[C@@H]1CCCC[C@H]1c1cccs1. The van der Waals surface area contributed by atoms with Crippen LogP contribution in [-0.4, -0.2) is 12.2 Å². The average molecular weight is 301 g/mol. The maximum Gasteiger partial charge on any atom is 0.411 e. The highest BCUT2D eigenvalue weighted by atomic mass is 32.1. The molecule has 0 spiro atoms. The smallest absolute Gasteiger partial charge is 0.411 e. The van der Waals surface area contributed by atoms with E-state index in [0.717, 1.165) is 24.9 Å². The molecule has 0 bridgehead atoms. The van der Waals surface area contributed by atoms with Gasteiger partial charge in [0.1, 0.15) is 6.10 Å². The summed E-state index contributed by atoms with van der Waals surface area (Å²) < 4.78 is 5.69. The molecule has 1 N–H and O–H groups in total. The van der Waals surface area contributed by atoms with Gasteiger partial charge >= 0.3 is 6.09 Å². The number of para-hydroxylation sites is 1. The van der Waals surface area contributed by atoms with E-state index in [0.29, 0.717) is 5.92 Å². The zero-order chi connectivity index (χ0) is 14.5. The molecule has 0 saturated heterocycles. The van der Waals surface area contributed by atoms with E-state index >= 15 is 0 Å². The number of benzene rings is 1. The molecule has 0 unspecified atom stereocenters. The minimum Gasteiger partial charge on any atom is -0.445 e. The molecule has 1 heterocycles. The fourth-order valence-corrected chi connectivity index (χ4v) is 3.79. The number of nitrogens with one attached hydrogen (secondary N) is 1. The highest BCUT2D eigenvalue weighted by Crippen LogP contribution is 2.37. The minimum atomic E-state index is -0.352. The van der Waals surface area contributed by atoms with Crippen LogP contribution in [0.1, 0.15) is 36.5 Å². The molecule has 4 heteroatoms. The van der Waals surface area contributed by atoms with Gasteiger partial charge in [-0.3, -0.25) is 5.32 Å². The molecule has 1 fully saturated rings. The number of carbonyl (C=O) groups excluding carboxylic acids is 1. The quantitative estimate of drug-likeness (QED) is 0.864. The molecule has 1 aliphatic rings. The first kappa shape index (κ1) is 14.1. The van der Waals surface area contributed by atoms with Gasteiger partial charge in [0.25, 0.3) is 0 Å². The summed E-state index contributed by atoms with van der Waals surface area (Å²) in [6, 6.07) is 13.6. The molecule has 21 heavy (non-hydrogen) atoms. The summed E-state index contributed by atoms with van der Waals surface area (Å²) in [7, 11) is 0. The van der Waals surface area contributed by atoms with Gasteiger partial charge in [-0.25, -0.2) is 4.79 Å². The van der Waals surface area contributed by atoms with Crippen molar-refractivity contribution < 1.29 is 9.53 Å². The molecule has 1 saturated carbocycles. The zero-order valence-corrected chi connectivity index (χ0v) is 12.6. The number of hydrogen-bond donors (Lipinski definition) is 1. The number of amides is 1. The number of thiophene rings is 1. The number of ether oxygens (including phenoxy) is 1. The van der Waals surface area contributed by atoms with Crippen molar-refractivity contribution in [1.82, 2.24) is 0 Å². The summed E-state index contributed by atoms with van der Waals surface area (Å²) in [6.07, 6.45) is 4.03. The monoisotopic (exact) mass is 301 g/mol. The Balaban J connectivity index is 1.63. The average Bonchev–Trinajstić information content (AvgIpc) is 3.03. The molecule has 3 nitrogen and oxygen atoms in total. The highest BCUT2D eigenvalue weighted by molar-refractivity contribution is 7.10. The van der Waals surface area contributed by atoms with E-state index in [9.17, 15) is 4.79 Å². The summed E-state index contributed by atoms with van der Waals surface area (Å²) in [5.41, 5.74) is 0.769. The predicted octanol–water partition coefficient (Wildman–Crippen LogP) is 5.02. The predicted molar refractivity (Wildman–Crippen MR) is 85.9 cm³/mol. The van der Waals surface area contributed by atoms with Crippen LogP contribution in [-0.2, 0) is 4.74 Å². The third-order valence-electron chi connectivity index (χ3n) is 3.89. The van der Waals surface area contributed by atoms with E-state index in [2.05, 4.69) is 22.8 Å². The van der Waals surface area contributed by atoms with E-state index in [1.807, 2.05) is 30.3 Å². The third-order valence-corrected chi connectivity index (χ3v) is 4.89. The van der Waals surface area contributed by atoms with Crippen LogP contribution in [0.25, 0.3) is 0 Å². The van der Waals surface area contributed by atoms with Crippen molar-refractivity contribution in [3.63, 3.8) is 0 Å². The molecular weight excluding hydrogens is 282 g/mol. The summed E-state index contributed by atoms with van der Waals surface area (Å²) in [5.74, 6) is 0.347. The van der Waals surface area contributed by atoms with Gasteiger partial charge in [0, 0.05) is 16.5 Å². The van der Waals surface area contributed by atoms with Crippen LogP contribution in [0.4, 0.5) is 10.5 Å². The zero-order valence-electron chi connectivity index (χ0n) is 11.8. The van der Waals surface area contributed by atoms with Gasteiger partial charge in [0.05, 0.1) is 0 Å². The highest BCUT2D eigenvalue weighted by Gasteiger charge is 2.30. The Bertz CT molecular complexity index is 568. The van der Waals surface area contributed by atoms with Gasteiger partial charge in [-0.2, -0.15) is 0 Å². The Hall–Kier alpha value is -1.81. The molecule has 3 rings (SSSR count). The molecule has 1 aliphatic carbocycles. The summed E-state index contributed by atoms with van der Waals surface area (Å²) >= 11 is 1.75. The van der Waals surface area contributed by atoms with Crippen LogP contribution >= 0.6 is 11.3 Å². The normalized spacial score (nSPS) is 21.7. The van der Waals surface area contributed by atoms with Gasteiger partial charge in [-0.15, -0.1) is 11.3 Å². The Labute approximate surface area is 129 Å². The van der Waals surface area contributed by atoms with Gasteiger partial charge < -0.3 is 4.74 Å². The Kier molecular flexibility index (Phi) is 4.55. The number of carbonyl (C=O) groups is 1. The third kappa shape index (κ3) is 3.64. The van der Waals surface area contributed by atoms with Gasteiger partial charge in [0.2, 0.25) is 0 Å². The van der Waals surface area contributed by atoms with E-state index in [1.165, 1.54) is 11.3 Å². The lowest BCUT2D eigenvalue weighted by Gasteiger charge is -2.30. The second kappa shape index (κ2) is 6.76. The Morgan fingerprint density at radius 2 is 1.90 bits per heavy atom. The van der Waals surface area contributed by atoms with Gasteiger partial charge in [-0.1, -0.05) is 30.7 Å². The van der Waals surface area contributed by atoms with E-state index in [1.54, 1.807) is 11.3 Å². The van der Waals surface area contributed by atoms with Crippen molar-refractivity contribution in [1.29, 1.82) is 0 Å². The van der Waals surface area contributed by atoms with Crippen molar-refractivity contribution in [3.8, 4) is 0 Å². The van der Waals surface area contributed by atoms with Gasteiger partial charge in [0.15, 0.2) is 0 Å². The topological polar surface area (TPSA) is 38.3 Å². The second-order valence-corrected chi connectivity index (χ2v) is 6.32. The lowest BCUT2D eigenvalue weighted by molar-refractivity contribution is 0.0720. The lowest BCUT2D eigenvalue weighted by atomic mass is 9.85. The molecule has 1 aromatic heterocycles. The molecule has 1 aromatic carbocycles. The number of anilines is 1. The van der Waals surface area contributed by atoms with Crippen LogP contribution in [0, 0.1) is 0 Å². The Morgan fingerprint density at radius 3 is 2.67 bits per heavy atom. The number of rotatable bonds is 3. The molecule has 1 amide bonds. The van der Waals surface area contributed by atoms with Crippen molar-refractivity contribution in [2.75, 3.05) is 5.32 Å². The largest absolute Gasteiger partial charge is 0.445 e.